The number of unbranched alkanes of at least 4 members (excludes halogenated alkanes) is 1. The Kier molecular flexibility index (Phi) is 8.18. The number of rotatable bonds is 10. The fourth-order valence-electron chi connectivity index (χ4n) is 3.24. The van der Waals surface area contributed by atoms with E-state index in [0.717, 1.165) is 12.8 Å². The van der Waals surface area contributed by atoms with Crippen molar-refractivity contribution in [3.8, 4) is 0 Å². The fourth-order valence-corrected chi connectivity index (χ4v) is 3.24. The second-order valence-corrected chi connectivity index (χ2v) is 7.96. The lowest BCUT2D eigenvalue weighted by Gasteiger charge is -2.26. The van der Waals surface area contributed by atoms with Crippen LogP contribution in [0.2, 0.25) is 0 Å². The third-order valence-electron chi connectivity index (χ3n) is 4.75. The van der Waals surface area contributed by atoms with E-state index in [9.17, 15) is 19.2 Å². The summed E-state index contributed by atoms with van der Waals surface area (Å²) < 4.78 is 1.33. The second kappa shape index (κ2) is 10.6. The summed E-state index contributed by atoms with van der Waals surface area (Å²) in [6.07, 6.45) is 1.58. The minimum Gasteiger partial charge on any atom is -0.383 e. The predicted octanol–water partition coefficient (Wildman–Crippen LogP) is 2.22. The number of aromatic amines is 1. The Morgan fingerprint density at radius 1 is 1.26 bits per heavy atom. The zero-order valence-corrected chi connectivity index (χ0v) is 18.5. The van der Waals surface area contributed by atoms with Crippen LogP contribution in [0, 0.1) is 5.92 Å². The summed E-state index contributed by atoms with van der Waals surface area (Å²) in [6, 6.07) is 6.64. The molecule has 0 spiro atoms. The van der Waals surface area contributed by atoms with E-state index in [1.54, 1.807) is 29.2 Å². The topological polar surface area (TPSA) is 130 Å². The first-order valence-corrected chi connectivity index (χ1v) is 10.4. The molecule has 0 aliphatic heterocycles. The zero-order valence-electron chi connectivity index (χ0n) is 18.5. The third-order valence-corrected chi connectivity index (χ3v) is 4.75. The Balaban J connectivity index is 2.35. The first-order valence-electron chi connectivity index (χ1n) is 10.4. The number of anilines is 3. The number of aromatic nitrogens is 2. The highest BCUT2D eigenvalue weighted by molar-refractivity contribution is 5.98. The molecule has 2 rings (SSSR count). The molecule has 0 bridgehead atoms. The summed E-state index contributed by atoms with van der Waals surface area (Å²) in [5, 5.41) is 2.76. The van der Waals surface area contributed by atoms with Crippen molar-refractivity contribution in [1.82, 2.24) is 9.55 Å². The second-order valence-electron chi connectivity index (χ2n) is 7.96. The van der Waals surface area contributed by atoms with Gasteiger partial charge in [0.15, 0.2) is 5.78 Å². The van der Waals surface area contributed by atoms with Gasteiger partial charge in [-0.25, -0.2) is 4.79 Å². The maximum absolute atomic E-state index is 12.7. The number of H-pyrrole nitrogens is 1. The number of amides is 1. The average Bonchev–Trinajstić information content (AvgIpc) is 2.69. The van der Waals surface area contributed by atoms with Crippen molar-refractivity contribution in [2.75, 3.05) is 29.0 Å². The predicted molar refractivity (Wildman–Crippen MR) is 123 cm³/mol. The molecule has 0 atom stereocenters. The molecule has 9 heteroatoms. The lowest BCUT2D eigenvalue weighted by Crippen LogP contribution is -2.42. The van der Waals surface area contributed by atoms with Crippen LogP contribution in [0.15, 0.2) is 33.9 Å². The van der Waals surface area contributed by atoms with E-state index in [1.165, 1.54) is 11.5 Å². The maximum Gasteiger partial charge on any atom is 0.330 e. The van der Waals surface area contributed by atoms with Gasteiger partial charge in [-0.3, -0.25) is 23.9 Å². The van der Waals surface area contributed by atoms with Gasteiger partial charge >= 0.3 is 5.69 Å². The van der Waals surface area contributed by atoms with Crippen LogP contribution < -0.4 is 27.2 Å². The van der Waals surface area contributed by atoms with Crippen LogP contribution in [0.3, 0.4) is 0 Å². The Morgan fingerprint density at radius 3 is 2.58 bits per heavy atom. The van der Waals surface area contributed by atoms with Gasteiger partial charge in [-0.05, 0) is 31.4 Å². The molecule has 0 fully saturated rings. The quantitative estimate of drug-likeness (QED) is 0.497. The van der Waals surface area contributed by atoms with Crippen molar-refractivity contribution in [3.63, 3.8) is 0 Å². The summed E-state index contributed by atoms with van der Waals surface area (Å²) in [5.74, 6) is -0.283. The van der Waals surface area contributed by atoms with Gasteiger partial charge < -0.3 is 16.0 Å². The SMILES string of the molecule is CCCCN(CC(=O)Nc1cccc(C(C)=O)c1)c1c(N)n(CC(C)C)c(=O)[nH]c1=O. The molecule has 168 valence electrons. The summed E-state index contributed by atoms with van der Waals surface area (Å²) in [6.45, 7) is 7.97. The summed E-state index contributed by atoms with van der Waals surface area (Å²) in [7, 11) is 0. The van der Waals surface area contributed by atoms with Crippen LogP contribution in [0.25, 0.3) is 0 Å². The maximum atomic E-state index is 12.7. The largest absolute Gasteiger partial charge is 0.383 e. The molecule has 0 unspecified atom stereocenters. The highest BCUT2D eigenvalue weighted by Crippen LogP contribution is 2.19. The lowest BCUT2D eigenvalue weighted by atomic mass is 10.1. The smallest absolute Gasteiger partial charge is 0.330 e. The molecular formula is C22H31N5O4. The number of nitrogens with two attached hydrogens (primary N) is 1. The summed E-state index contributed by atoms with van der Waals surface area (Å²) >= 11 is 0. The monoisotopic (exact) mass is 429 g/mol. The van der Waals surface area contributed by atoms with E-state index in [-0.39, 0.29) is 35.7 Å². The summed E-state index contributed by atoms with van der Waals surface area (Å²) in [5.41, 5.74) is 6.12. The normalized spacial score (nSPS) is 10.9. The molecule has 1 heterocycles. The molecule has 9 nitrogen and oxygen atoms in total. The first-order chi connectivity index (χ1) is 14.6. The van der Waals surface area contributed by atoms with Crippen LogP contribution >= 0.6 is 0 Å². The van der Waals surface area contributed by atoms with E-state index in [2.05, 4.69) is 10.3 Å². The van der Waals surface area contributed by atoms with Gasteiger partial charge in [-0.15, -0.1) is 0 Å². The van der Waals surface area contributed by atoms with Gasteiger partial charge in [0, 0.05) is 24.3 Å². The Hall–Kier alpha value is -3.36. The van der Waals surface area contributed by atoms with Crippen LogP contribution in [-0.2, 0) is 11.3 Å². The van der Waals surface area contributed by atoms with Crippen LogP contribution in [0.4, 0.5) is 17.2 Å². The van der Waals surface area contributed by atoms with Crippen molar-refractivity contribution < 1.29 is 9.59 Å². The van der Waals surface area contributed by atoms with E-state index in [4.69, 9.17) is 5.73 Å². The van der Waals surface area contributed by atoms with Gasteiger partial charge in [0.1, 0.15) is 11.5 Å². The van der Waals surface area contributed by atoms with Crippen molar-refractivity contribution in [3.05, 3.63) is 50.7 Å². The lowest BCUT2D eigenvalue weighted by molar-refractivity contribution is -0.115. The molecule has 2 aromatic rings. The number of carbonyl (C=O) groups excluding carboxylic acids is 2. The molecule has 0 saturated heterocycles. The minimum absolute atomic E-state index is 0.0462. The highest BCUT2D eigenvalue weighted by atomic mass is 16.2. The number of nitrogen functional groups attached to an aromatic ring is 1. The van der Waals surface area contributed by atoms with E-state index in [0.29, 0.717) is 24.3 Å². The molecule has 1 aromatic heterocycles. The number of Topliss-reactive ketones (excluding diaryl/α,β-unsaturated/α-hetero) is 1. The number of carbonyl (C=O) groups is 2. The number of hydrogen-bond donors (Lipinski definition) is 3. The molecular weight excluding hydrogens is 398 g/mol. The zero-order chi connectivity index (χ0) is 23.1. The fraction of sp³-hybridized carbons (Fsp3) is 0.455. The van der Waals surface area contributed by atoms with Crippen LogP contribution in [0.1, 0.15) is 50.9 Å². The van der Waals surface area contributed by atoms with Gasteiger partial charge in [0.2, 0.25) is 5.91 Å². The van der Waals surface area contributed by atoms with Gasteiger partial charge in [-0.2, -0.15) is 0 Å². The van der Waals surface area contributed by atoms with E-state index < -0.39 is 11.2 Å². The van der Waals surface area contributed by atoms with Crippen molar-refractivity contribution >= 4 is 28.9 Å². The Labute approximate surface area is 181 Å². The van der Waals surface area contributed by atoms with Crippen molar-refractivity contribution in [2.45, 2.75) is 47.1 Å². The highest BCUT2D eigenvalue weighted by Gasteiger charge is 2.21. The van der Waals surface area contributed by atoms with Crippen LogP contribution in [-0.4, -0.2) is 34.3 Å². The molecule has 0 saturated carbocycles. The molecule has 1 aromatic carbocycles. The van der Waals surface area contributed by atoms with Crippen LogP contribution in [0.5, 0.6) is 0 Å². The van der Waals surface area contributed by atoms with Crippen molar-refractivity contribution in [1.29, 1.82) is 0 Å². The molecule has 0 aliphatic rings. The Morgan fingerprint density at radius 2 is 1.97 bits per heavy atom. The third kappa shape index (κ3) is 6.31. The van der Waals surface area contributed by atoms with Gasteiger partial charge in [0.05, 0.1) is 6.54 Å². The standard InChI is InChI=1S/C22H31N5O4/c1-5-6-10-26(13-18(29)24-17-9-7-8-16(11-17)15(4)28)19-20(23)27(12-14(2)3)22(31)25-21(19)30/h7-9,11,14H,5-6,10,12-13,23H2,1-4H3,(H,24,29)(H,25,30,31). The van der Waals surface area contributed by atoms with Gasteiger partial charge in [0.25, 0.3) is 5.56 Å². The molecule has 0 aliphatic carbocycles. The number of nitrogens with one attached hydrogen (secondary N) is 2. The molecule has 0 radical (unpaired) electrons. The molecule has 4 N–H and O–H groups in total. The molecule has 31 heavy (non-hydrogen) atoms. The number of benzene rings is 1. The summed E-state index contributed by atoms with van der Waals surface area (Å²) in [4.78, 5) is 53.1. The van der Waals surface area contributed by atoms with Gasteiger partial charge in [-0.1, -0.05) is 39.3 Å². The van der Waals surface area contributed by atoms with E-state index >= 15 is 0 Å². The average molecular weight is 430 g/mol. The van der Waals surface area contributed by atoms with Crippen molar-refractivity contribution in [2.24, 2.45) is 5.92 Å². The number of nitrogens with zero attached hydrogens (tertiary/aromatic N) is 2. The number of ketones is 1. The molecule has 1 amide bonds. The minimum atomic E-state index is -0.620. The number of hydrogen-bond acceptors (Lipinski definition) is 6. The first kappa shape index (κ1) is 23.9. The Bertz CT molecular complexity index is 1050. The van der Waals surface area contributed by atoms with E-state index in [1.807, 2.05) is 20.8 Å².